The van der Waals surface area contributed by atoms with Crippen molar-refractivity contribution in [2.24, 2.45) is 11.8 Å². The monoisotopic (exact) mass is 214 g/mol. The van der Waals surface area contributed by atoms with Crippen molar-refractivity contribution in [2.45, 2.75) is 26.2 Å². The van der Waals surface area contributed by atoms with Gasteiger partial charge in [-0.05, 0) is 37.8 Å². The zero-order valence-electron chi connectivity index (χ0n) is 9.46. The highest BCUT2D eigenvalue weighted by Gasteiger charge is 2.16. The number of carbonyl (C=O) groups is 1. The minimum Gasteiger partial charge on any atom is -0.396 e. The van der Waals surface area contributed by atoms with Gasteiger partial charge in [-0.3, -0.25) is 4.79 Å². The summed E-state index contributed by atoms with van der Waals surface area (Å²) in [6.45, 7) is 4.70. The molecule has 1 atom stereocenters. The third-order valence-corrected chi connectivity index (χ3v) is 2.89. The topological polar surface area (TPSA) is 61.4 Å². The first-order valence-corrected chi connectivity index (χ1v) is 5.80. The molecule has 1 aliphatic heterocycles. The van der Waals surface area contributed by atoms with Crippen LogP contribution in [0.3, 0.4) is 0 Å². The zero-order valence-corrected chi connectivity index (χ0v) is 9.46. The van der Waals surface area contributed by atoms with Crippen LogP contribution in [0, 0.1) is 11.8 Å². The minimum absolute atomic E-state index is 0.127. The van der Waals surface area contributed by atoms with E-state index in [2.05, 4.69) is 10.6 Å². The third kappa shape index (κ3) is 5.14. The molecule has 88 valence electrons. The molecule has 1 rings (SSSR count). The maximum absolute atomic E-state index is 11.5. The van der Waals surface area contributed by atoms with Crippen LogP contribution < -0.4 is 10.6 Å². The molecule has 0 bridgehead atoms. The SMILES string of the molecule is CC(CO)CNC(=O)CC1CCNCC1. The van der Waals surface area contributed by atoms with Gasteiger partial charge in [-0.25, -0.2) is 0 Å². The largest absolute Gasteiger partial charge is 0.396 e. The Labute approximate surface area is 91.4 Å². The Kier molecular flexibility index (Phi) is 5.65. The number of aliphatic hydroxyl groups is 1. The van der Waals surface area contributed by atoms with Crippen LogP contribution in [0.5, 0.6) is 0 Å². The Hall–Kier alpha value is -0.610. The van der Waals surface area contributed by atoms with Gasteiger partial charge >= 0.3 is 0 Å². The molecule has 0 aromatic heterocycles. The highest BCUT2D eigenvalue weighted by molar-refractivity contribution is 5.76. The lowest BCUT2D eigenvalue weighted by Crippen LogP contribution is -2.34. The van der Waals surface area contributed by atoms with Gasteiger partial charge in [0.1, 0.15) is 0 Å². The summed E-state index contributed by atoms with van der Waals surface area (Å²) >= 11 is 0. The summed E-state index contributed by atoms with van der Waals surface area (Å²) in [6, 6.07) is 0. The van der Waals surface area contributed by atoms with E-state index in [1.54, 1.807) is 0 Å². The van der Waals surface area contributed by atoms with Gasteiger partial charge in [0.25, 0.3) is 0 Å². The first kappa shape index (κ1) is 12.5. The molecule has 1 heterocycles. The molecule has 4 nitrogen and oxygen atoms in total. The lowest BCUT2D eigenvalue weighted by molar-refractivity contribution is -0.122. The molecule has 1 fully saturated rings. The Balaban J connectivity index is 2.11. The summed E-state index contributed by atoms with van der Waals surface area (Å²) in [5, 5.41) is 15.0. The van der Waals surface area contributed by atoms with Crippen LogP contribution in [0.4, 0.5) is 0 Å². The van der Waals surface area contributed by atoms with Crippen LogP contribution >= 0.6 is 0 Å². The molecular formula is C11H22N2O2. The quantitative estimate of drug-likeness (QED) is 0.609. The molecule has 0 saturated carbocycles. The Morgan fingerprint density at radius 3 is 2.80 bits per heavy atom. The van der Waals surface area contributed by atoms with Crippen molar-refractivity contribution in [3.05, 3.63) is 0 Å². The van der Waals surface area contributed by atoms with Crippen molar-refractivity contribution in [2.75, 3.05) is 26.2 Å². The number of amides is 1. The molecule has 0 aromatic rings. The van der Waals surface area contributed by atoms with E-state index in [0.717, 1.165) is 25.9 Å². The second-order valence-electron chi connectivity index (χ2n) is 4.49. The van der Waals surface area contributed by atoms with E-state index in [1.165, 1.54) is 0 Å². The lowest BCUT2D eigenvalue weighted by Gasteiger charge is -2.22. The van der Waals surface area contributed by atoms with Crippen LogP contribution in [0.25, 0.3) is 0 Å². The molecular weight excluding hydrogens is 192 g/mol. The number of hydrogen-bond donors (Lipinski definition) is 3. The molecule has 3 N–H and O–H groups in total. The van der Waals surface area contributed by atoms with Crippen LogP contribution in [0.2, 0.25) is 0 Å². The van der Waals surface area contributed by atoms with Gasteiger partial charge in [-0.15, -0.1) is 0 Å². The first-order chi connectivity index (χ1) is 7.22. The molecule has 0 aliphatic carbocycles. The predicted octanol–water partition coefficient (Wildman–Crippen LogP) is 0.121. The fourth-order valence-corrected chi connectivity index (χ4v) is 1.77. The molecule has 15 heavy (non-hydrogen) atoms. The lowest BCUT2D eigenvalue weighted by atomic mass is 9.94. The molecule has 1 aliphatic rings. The summed E-state index contributed by atoms with van der Waals surface area (Å²) in [6.07, 6.45) is 2.84. The number of hydrogen-bond acceptors (Lipinski definition) is 3. The van der Waals surface area contributed by atoms with Gasteiger partial charge in [0.05, 0.1) is 0 Å². The van der Waals surface area contributed by atoms with E-state index in [4.69, 9.17) is 5.11 Å². The van der Waals surface area contributed by atoms with Crippen molar-refractivity contribution in [3.63, 3.8) is 0 Å². The molecule has 0 aromatic carbocycles. The normalized spacial score (nSPS) is 19.9. The van der Waals surface area contributed by atoms with Gasteiger partial charge in [-0.1, -0.05) is 6.92 Å². The third-order valence-electron chi connectivity index (χ3n) is 2.89. The first-order valence-electron chi connectivity index (χ1n) is 5.80. The number of aliphatic hydroxyl groups excluding tert-OH is 1. The highest BCUT2D eigenvalue weighted by Crippen LogP contribution is 2.15. The van der Waals surface area contributed by atoms with E-state index in [0.29, 0.717) is 18.9 Å². The van der Waals surface area contributed by atoms with Crippen LogP contribution in [-0.2, 0) is 4.79 Å². The smallest absolute Gasteiger partial charge is 0.220 e. The minimum atomic E-state index is 0.127. The standard InChI is InChI=1S/C11H22N2O2/c1-9(8-14)7-13-11(15)6-10-2-4-12-5-3-10/h9-10,12,14H,2-8H2,1H3,(H,13,15). The van der Waals surface area contributed by atoms with E-state index in [-0.39, 0.29) is 18.4 Å². The molecule has 1 amide bonds. The molecule has 4 heteroatoms. The maximum atomic E-state index is 11.5. The maximum Gasteiger partial charge on any atom is 0.220 e. The summed E-state index contributed by atoms with van der Waals surface area (Å²) < 4.78 is 0. The Morgan fingerprint density at radius 1 is 1.53 bits per heavy atom. The second kappa shape index (κ2) is 6.80. The van der Waals surface area contributed by atoms with Crippen molar-refractivity contribution in [3.8, 4) is 0 Å². The summed E-state index contributed by atoms with van der Waals surface area (Å²) in [5.74, 6) is 0.819. The Bertz CT molecular complexity index is 191. The van der Waals surface area contributed by atoms with Gasteiger partial charge in [-0.2, -0.15) is 0 Å². The predicted molar refractivity (Wildman–Crippen MR) is 59.5 cm³/mol. The van der Waals surface area contributed by atoms with Crippen molar-refractivity contribution < 1.29 is 9.90 Å². The summed E-state index contributed by atoms with van der Waals surface area (Å²) in [5.41, 5.74) is 0. The van der Waals surface area contributed by atoms with Crippen LogP contribution in [-0.4, -0.2) is 37.3 Å². The van der Waals surface area contributed by atoms with Crippen molar-refractivity contribution in [1.82, 2.24) is 10.6 Å². The van der Waals surface area contributed by atoms with E-state index in [1.807, 2.05) is 6.92 Å². The van der Waals surface area contributed by atoms with Crippen LogP contribution in [0.1, 0.15) is 26.2 Å². The number of carbonyl (C=O) groups excluding carboxylic acids is 1. The second-order valence-corrected chi connectivity index (χ2v) is 4.49. The van der Waals surface area contributed by atoms with Gasteiger partial charge in [0, 0.05) is 19.6 Å². The van der Waals surface area contributed by atoms with Gasteiger partial charge in [0.15, 0.2) is 0 Å². The number of piperidine rings is 1. The molecule has 1 saturated heterocycles. The van der Waals surface area contributed by atoms with Crippen molar-refractivity contribution >= 4 is 5.91 Å². The van der Waals surface area contributed by atoms with Crippen molar-refractivity contribution in [1.29, 1.82) is 0 Å². The fourth-order valence-electron chi connectivity index (χ4n) is 1.77. The average Bonchev–Trinajstić information content (AvgIpc) is 2.27. The molecule has 0 spiro atoms. The summed E-state index contributed by atoms with van der Waals surface area (Å²) in [4.78, 5) is 11.5. The fraction of sp³-hybridized carbons (Fsp3) is 0.909. The zero-order chi connectivity index (χ0) is 11.1. The Morgan fingerprint density at radius 2 is 2.20 bits per heavy atom. The molecule has 0 radical (unpaired) electrons. The summed E-state index contributed by atoms with van der Waals surface area (Å²) in [7, 11) is 0. The van der Waals surface area contributed by atoms with Gasteiger partial charge < -0.3 is 15.7 Å². The average molecular weight is 214 g/mol. The highest BCUT2D eigenvalue weighted by atomic mass is 16.3. The number of nitrogens with one attached hydrogen (secondary N) is 2. The van der Waals surface area contributed by atoms with E-state index >= 15 is 0 Å². The van der Waals surface area contributed by atoms with Crippen LogP contribution in [0.15, 0.2) is 0 Å². The van der Waals surface area contributed by atoms with Gasteiger partial charge in [0.2, 0.25) is 5.91 Å². The van der Waals surface area contributed by atoms with E-state index in [9.17, 15) is 4.79 Å². The van der Waals surface area contributed by atoms with E-state index < -0.39 is 0 Å². The molecule has 1 unspecified atom stereocenters. The number of rotatable bonds is 5.